The molecule has 0 spiro atoms. The van der Waals surface area contributed by atoms with Gasteiger partial charge in [-0.3, -0.25) is 0 Å². The molecule has 0 atom stereocenters. The quantitative estimate of drug-likeness (QED) is 0.826. The lowest BCUT2D eigenvalue weighted by atomic mass is 9.87. The molecule has 1 aromatic carbocycles. The van der Waals surface area contributed by atoms with Crippen molar-refractivity contribution in [3.05, 3.63) is 35.4 Å². The summed E-state index contributed by atoms with van der Waals surface area (Å²) in [5.74, 6) is 0.617. The van der Waals surface area contributed by atoms with E-state index in [-0.39, 0.29) is 5.54 Å². The Balaban J connectivity index is 1.81. The van der Waals surface area contributed by atoms with E-state index in [1.807, 2.05) is 0 Å². The van der Waals surface area contributed by atoms with Crippen LogP contribution in [0.1, 0.15) is 42.7 Å². The van der Waals surface area contributed by atoms with E-state index in [9.17, 15) is 0 Å². The molecular weight excluding hydrogens is 198 g/mol. The largest absolute Gasteiger partial charge is 0.380 e. The van der Waals surface area contributed by atoms with Gasteiger partial charge in [-0.1, -0.05) is 37.1 Å². The van der Waals surface area contributed by atoms with Gasteiger partial charge in [-0.15, -0.1) is 0 Å². The number of rotatable bonds is 2. The second-order valence-electron chi connectivity index (χ2n) is 5.22. The lowest BCUT2D eigenvalue weighted by molar-refractivity contribution is 0.00841. The molecule has 2 fully saturated rings. The molecule has 1 heterocycles. The summed E-state index contributed by atoms with van der Waals surface area (Å²) < 4.78 is 5.21. The third kappa shape index (κ3) is 1.66. The topological polar surface area (TPSA) is 35.2 Å². The third-order valence-corrected chi connectivity index (χ3v) is 4.09. The van der Waals surface area contributed by atoms with Crippen molar-refractivity contribution in [1.29, 1.82) is 0 Å². The Morgan fingerprint density at radius 2 is 1.69 bits per heavy atom. The SMILES string of the molecule is NC1(c2ccc(C3COC3)cc2)CCCC1. The summed E-state index contributed by atoms with van der Waals surface area (Å²) in [6.45, 7) is 1.76. The zero-order valence-corrected chi connectivity index (χ0v) is 9.61. The minimum atomic E-state index is -0.0470. The van der Waals surface area contributed by atoms with E-state index in [1.165, 1.54) is 24.0 Å². The molecule has 1 aliphatic heterocycles. The van der Waals surface area contributed by atoms with Gasteiger partial charge in [0.1, 0.15) is 0 Å². The molecule has 0 radical (unpaired) electrons. The molecular formula is C14H19NO. The number of hydrogen-bond acceptors (Lipinski definition) is 2. The van der Waals surface area contributed by atoms with Gasteiger partial charge in [0.05, 0.1) is 13.2 Å². The smallest absolute Gasteiger partial charge is 0.0557 e. The lowest BCUT2D eigenvalue weighted by Gasteiger charge is -2.28. The highest BCUT2D eigenvalue weighted by atomic mass is 16.5. The Labute approximate surface area is 96.8 Å². The first-order valence-electron chi connectivity index (χ1n) is 6.25. The van der Waals surface area contributed by atoms with Gasteiger partial charge in [-0.25, -0.2) is 0 Å². The molecule has 0 aromatic heterocycles. The van der Waals surface area contributed by atoms with Crippen molar-refractivity contribution >= 4 is 0 Å². The molecule has 0 bridgehead atoms. The van der Waals surface area contributed by atoms with E-state index < -0.39 is 0 Å². The summed E-state index contributed by atoms with van der Waals surface area (Å²) in [7, 11) is 0. The minimum absolute atomic E-state index is 0.0470. The van der Waals surface area contributed by atoms with E-state index in [2.05, 4.69) is 24.3 Å². The monoisotopic (exact) mass is 217 g/mol. The van der Waals surface area contributed by atoms with E-state index in [0.717, 1.165) is 26.1 Å². The Bertz CT molecular complexity index is 361. The maximum absolute atomic E-state index is 6.43. The van der Waals surface area contributed by atoms with Gasteiger partial charge >= 0.3 is 0 Å². The van der Waals surface area contributed by atoms with E-state index >= 15 is 0 Å². The van der Waals surface area contributed by atoms with Crippen molar-refractivity contribution in [3.63, 3.8) is 0 Å². The molecule has 3 rings (SSSR count). The Morgan fingerprint density at radius 1 is 1.06 bits per heavy atom. The van der Waals surface area contributed by atoms with Crippen molar-refractivity contribution < 1.29 is 4.74 Å². The average Bonchev–Trinajstić information content (AvgIpc) is 2.65. The van der Waals surface area contributed by atoms with Gasteiger partial charge in [0.2, 0.25) is 0 Å². The van der Waals surface area contributed by atoms with Crippen LogP contribution in [0.15, 0.2) is 24.3 Å². The average molecular weight is 217 g/mol. The second-order valence-corrected chi connectivity index (χ2v) is 5.22. The predicted octanol–water partition coefficient (Wildman–Crippen LogP) is 2.53. The van der Waals surface area contributed by atoms with Crippen molar-refractivity contribution in [1.82, 2.24) is 0 Å². The van der Waals surface area contributed by atoms with Crippen LogP contribution in [-0.2, 0) is 10.3 Å². The van der Waals surface area contributed by atoms with Crippen molar-refractivity contribution in [2.75, 3.05) is 13.2 Å². The van der Waals surface area contributed by atoms with Gasteiger partial charge in [0.25, 0.3) is 0 Å². The molecule has 2 N–H and O–H groups in total. The fourth-order valence-electron chi connectivity index (χ4n) is 2.81. The minimum Gasteiger partial charge on any atom is -0.380 e. The molecule has 86 valence electrons. The summed E-state index contributed by atoms with van der Waals surface area (Å²) in [5, 5.41) is 0. The summed E-state index contributed by atoms with van der Waals surface area (Å²) in [4.78, 5) is 0. The molecule has 2 aliphatic rings. The molecule has 2 heteroatoms. The number of hydrogen-bond donors (Lipinski definition) is 1. The fourth-order valence-corrected chi connectivity index (χ4v) is 2.81. The normalized spacial score (nSPS) is 24.3. The molecule has 1 aliphatic carbocycles. The van der Waals surface area contributed by atoms with E-state index in [0.29, 0.717) is 5.92 Å². The first-order chi connectivity index (χ1) is 7.78. The van der Waals surface area contributed by atoms with Crippen LogP contribution in [0, 0.1) is 0 Å². The maximum atomic E-state index is 6.43. The highest BCUT2D eigenvalue weighted by Crippen LogP contribution is 2.36. The lowest BCUT2D eigenvalue weighted by Crippen LogP contribution is -2.33. The van der Waals surface area contributed by atoms with E-state index in [4.69, 9.17) is 10.5 Å². The second kappa shape index (κ2) is 3.86. The van der Waals surface area contributed by atoms with Crippen molar-refractivity contribution in [2.45, 2.75) is 37.1 Å². The number of nitrogens with two attached hydrogens (primary N) is 1. The fraction of sp³-hybridized carbons (Fsp3) is 0.571. The van der Waals surface area contributed by atoms with E-state index in [1.54, 1.807) is 0 Å². The van der Waals surface area contributed by atoms with Gasteiger partial charge in [-0.05, 0) is 24.0 Å². The molecule has 0 unspecified atom stereocenters. The van der Waals surface area contributed by atoms with Crippen LogP contribution < -0.4 is 5.73 Å². The van der Waals surface area contributed by atoms with Crippen LogP contribution in [0.5, 0.6) is 0 Å². The Hall–Kier alpha value is -0.860. The molecule has 16 heavy (non-hydrogen) atoms. The van der Waals surface area contributed by atoms with Gasteiger partial charge in [0.15, 0.2) is 0 Å². The zero-order valence-electron chi connectivity index (χ0n) is 9.61. The summed E-state index contributed by atoms with van der Waals surface area (Å²) in [6.07, 6.45) is 4.82. The molecule has 1 saturated heterocycles. The Morgan fingerprint density at radius 3 is 2.19 bits per heavy atom. The highest BCUT2D eigenvalue weighted by Gasteiger charge is 2.31. The molecule has 2 nitrogen and oxygen atoms in total. The first-order valence-corrected chi connectivity index (χ1v) is 6.25. The summed E-state index contributed by atoms with van der Waals surface area (Å²) in [5.41, 5.74) is 9.09. The number of ether oxygens (including phenoxy) is 1. The van der Waals surface area contributed by atoms with Crippen LogP contribution in [0.25, 0.3) is 0 Å². The molecule has 1 saturated carbocycles. The summed E-state index contributed by atoms with van der Waals surface area (Å²) >= 11 is 0. The Kier molecular flexibility index (Phi) is 2.49. The third-order valence-electron chi connectivity index (χ3n) is 4.09. The molecule has 1 aromatic rings. The summed E-state index contributed by atoms with van der Waals surface area (Å²) in [6, 6.07) is 8.91. The molecule has 0 amide bonds. The van der Waals surface area contributed by atoms with Crippen molar-refractivity contribution in [2.24, 2.45) is 5.73 Å². The van der Waals surface area contributed by atoms with Crippen LogP contribution >= 0.6 is 0 Å². The van der Waals surface area contributed by atoms with Gasteiger partial charge in [-0.2, -0.15) is 0 Å². The van der Waals surface area contributed by atoms with Crippen molar-refractivity contribution in [3.8, 4) is 0 Å². The van der Waals surface area contributed by atoms with Crippen LogP contribution in [0.4, 0.5) is 0 Å². The number of benzene rings is 1. The standard InChI is InChI=1S/C14H19NO/c15-14(7-1-2-8-14)13-5-3-11(4-6-13)12-9-16-10-12/h3-6,12H,1-2,7-10,15H2. The highest BCUT2D eigenvalue weighted by molar-refractivity contribution is 5.31. The van der Waals surface area contributed by atoms with Gasteiger partial charge in [0, 0.05) is 11.5 Å². The van der Waals surface area contributed by atoms with Crippen LogP contribution in [0.3, 0.4) is 0 Å². The van der Waals surface area contributed by atoms with Gasteiger partial charge < -0.3 is 10.5 Å². The van der Waals surface area contributed by atoms with Crippen LogP contribution in [-0.4, -0.2) is 13.2 Å². The first kappa shape index (κ1) is 10.3. The maximum Gasteiger partial charge on any atom is 0.0557 e. The zero-order chi connectivity index (χ0) is 11.0. The predicted molar refractivity (Wildman–Crippen MR) is 64.3 cm³/mol. The van der Waals surface area contributed by atoms with Crippen LogP contribution in [0.2, 0.25) is 0 Å².